The van der Waals surface area contributed by atoms with Gasteiger partial charge in [-0.2, -0.15) is 0 Å². The van der Waals surface area contributed by atoms with E-state index in [0.29, 0.717) is 5.39 Å². The maximum Gasteiger partial charge on any atom is 0.133 e. The zero-order valence-corrected chi connectivity index (χ0v) is 10.1. The molecule has 0 bridgehead atoms. The predicted molar refractivity (Wildman–Crippen MR) is 75.5 cm³/mol. The maximum atomic E-state index is 14.0. The molecule has 0 saturated carbocycles. The van der Waals surface area contributed by atoms with Gasteiger partial charge >= 0.3 is 0 Å². The quantitative estimate of drug-likeness (QED) is 0.500. The number of rotatable bonds is 1. The van der Waals surface area contributed by atoms with Gasteiger partial charge in [0.05, 0.1) is 0 Å². The van der Waals surface area contributed by atoms with E-state index in [1.165, 1.54) is 6.07 Å². The summed E-state index contributed by atoms with van der Waals surface area (Å²) in [6.45, 7) is 0. The number of aromatic nitrogens is 2. The number of nitrogens with one attached hydrogen (secondary N) is 2. The summed E-state index contributed by atoms with van der Waals surface area (Å²) in [5.74, 6) is -0.195. The molecule has 0 saturated heterocycles. The first-order chi connectivity index (χ1) is 9.34. The van der Waals surface area contributed by atoms with Gasteiger partial charge in [-0.3, -0.25) is 0 Å². The minimum absolute atomic E-state index is 0.195. The van der Waals surface area contributed by atoms with Gasteiger partial charge in [-0.15, -0.1) is 0 Å². The zero-order chi connectivity index (χ0) is 12.8. The standard InChI is InChI=1S/C16H11FN2/c17-13-5-3-7-15-16(13)12(9-19-15)11-8-18-14-6-2-1-4-10(11)14/h1-9,18-19H. The average molecular weight is 250 g/mol. The van der Waals surface area contributed by atoms with E-state index < -0.39 is 0 Å². The first-order valence-electron chi connectivity index (χ1n) is 6.17. The van der Waals surface area contributed by atoms with E-state index >= 15 is 0 Å². The first-order valence-corrected chi connectivity index (χ1v) is 6.17. The van der Waals surface area contributed by atoms with Crippen LogP contribution in [0.25, 0.3) is 32.9 Å². The molecular formula is C16H11FN2. The minimum atomic E-state index is -0.195. The molecule has 0 aliphatic heterocycles. The van der Waals surface area contributed by atoms with E-state index in [9.17, 15) is 4.39 Å². The summed E-state index contributed by atoms with van der Waals surface area (Å²) in [5.41, 5.74) is 3.79. The van der Waals surface area contributed by atoms with Crippen molar-refractivity contribution >= 4 is 21.8 Å². The van der Waals surface area contributed by atoms with Crippen molar-refractivity contribution in [3.63, 3.8) is 0 Å². The van der Waals surface area contributed by atoms with Crippen molar-refractivity contribution < 1.29 is 4.39 Å². The summed E-state index contributed by atoms with van der Waals surface area (Å²) in [4.78, 5) is 6.35. The van der Waals surface area contributed by atoms with Crippen molar-refractivity contribution in [3.8, 4) is 11.1 Å². The van der Waals surface area contributed by atoms with Crippen LogP contribution in [-0.4, -0.2) is 9.97 Å². The second-order valence-corrected chi connectivity index (χ2v) is 4.61. The summed E-state index contributed by atoms with van der Waals surface area (Å²) in [6, 6.07) is 13.1. The van der Waals surface area contributed by atoms with Gasteiger partial charge in [0.15, 0.2) is 0 Å². The van der Waals surface area contributed by atoms with Gasteiger partial charge in [-0.25, -0.2) is 4.39 Å². The van der Waals surface area contributed by atoms with E-state index in [1.54, 1.807) is 6.07 Å². The van der Waals surface area contributed by atoms with Crippen molar-refractivity contribution in [2.45, 2.75) is 0 Å². The highest BCUT2D eigenvalue weighted by molar-refractivity contribution is 6.04. The molecule has 19 heavy (non-hydrogen) atoms. The van der Waals surface area contributed by atoms with Crippen LogP contribution in [0.1, 0.15) is 0 Å². The Labute approximate surface area is 108 Å². The smallest absolute Gasteiger partial charge is 0.133 e. The molecule has 2 aromatic heterocycles. The number of halogens is 1. The van der Waals surface area contributed by atoms with Gasteiger partial charge in [0, 0.05) is 45.3 Å². The highest BCUT2D eigenvalue weighted by atomic mass is 19.1. The third-order valence-electron chi connectivity index (χ3n) is 3.53. The molecule has 0 spiro atoms. The number of H-pyrrole nitrogens is 2. The van der Waals surface area contributed by atoms with Crippen molar-refractivity contribution in [1.29, 1.82) is 0 Å². The number of benzene rings is 2. The summed E-state index contributed by atoms with van der Waals surface area (Å²) < 4.78 is 14.0. The zero-order valence-electron chi connectivity index (χ0n) is 10.1. The fourth-order valence-corrected chi connectivity index (χ4v) is 2.65. The van der Waals surface area contributed by atoms with E-state index in [-0.39, 0.29) is 5.82 Å². The third kappa shape index (κ3) is 1.41. The third-order valence-corrected chi connectivity index (χ3v) is 3.53. The molecule has 0 aliphatic carbocycles. The lowest BCUT2D eigenvalue weighted by Gasteiger charge is -1.99. The molecule has 2 N–H and O–H groups in total. The second-order valence-electron chi connectivity index (χ2n) is 4.61. The van der Waals surface area contributed by atoms with E-state index in [1.807, 2.05) is 42.7 Å². The Balaban J connectivity index is 2.10. The van der Waals surface area contributed by atoms with Crippen LogP contribution >= 0.6 is 0 Å². The summed E-state index contributed by atoms with van der Waals surface area (Å²) in [7, 11) is 0. The van der Waals surface area contributed by atoms with Gasteiger partial charge in [-0.1, -0.05) is 24.3 Å². The van der Waals surface area contributed by atoms with Crippen molar-refractivity contribution in [2.24, 2.45) is 0 Å². The van der Waals surface area contributed by atoms with E-state index in [4.69, 9.17) is 0 Å². The fraction of sp³-hybridized carbons (Fsp3) is 0. The largest absolute Gasteiger partial charge is 0.361 e. The molecule has 0 fully saturated rings. The maximum absolute atomic E-state index is 14.0. The van der Waals surface area contributed by atoms with Crippen LogP contribution in [0.4, 0.5) is 4.39 Å². The number of fused-ring (bicyclic) bond motifs is 2. The molecule has 0 radical (unpaired) electrons. The Morgan fingerprint density at radius 3 is 2.42 bits per heavy atom. The monoisotopic (exact) mass is 250 g/mol. The van der Waals surface area contributed by atoms with Gasteiger partial charge in [-0.05, 0) is 18.2 Å². The highest BCUT2D eigenvalue weighted by Gasteiger charge is 2.13. The highest BCUT2D eigenvalue weighted by Crippen LogP contribution is 2.34. The molecule has 0 amide bonds. The van der Waals surface area contributed by atoms with Gasteiger partial charge in [0.25, 0.3) is 0 Å². The van der Waals surface area contributed by atoms with E-state index in [0.717, 1.165) is 27.5 Å². The lowest BCUT2D eigenvalue weighted by molar-refractivity contribution is 0.640. The topological polar surface area (TPSA) is 31.6 Å². The molecule has 92 valence electrons. The van der Waals surface area contributed by atoms with Crippen molar-refractivity contribution in [2.75, 3.05) is 0 Å². The molecule has 0 atom stereocenters. The number of para-hydroxylation sites is 1. The molecule has 2 nitrogen and oxygen atoms in total. The van der Waals surface area contributed by atoms with Crippen LogP contribution in [0.5, 0.6) is 0 Å². The molecule has 0 aliphatic rings. The van der Waals surface area contributed by atoms with Crippen LogP contribution in [0, 0.1) is 5.82 Å². The van der Waals surface area contributed by atoms with E-state index in [2.05, 4.69) is 9.97 Å². The second kappa shape index (κ2) is 3.72. The SMILES string of the molecule is Fc1cccc2[nH]cc(-c3c[nH]c4ccccc34)c12. The fourth-order valence-electron chi connectivity index (χ4n) is 2.65. The molecule has 4 aromatic rings. The molecule has 3 heteroatoms. The molecule has 2 heterocycles. The minimum Gasteiger partial charge on any atom is -0.361 e. The number of aromatic amines is 2. The molecule has 2 aromatic carbocycles. The van der Waals surface area contributed by atoms with Gasteiger partial charge < -0.3 is 9.97 Å². The van der Waals surface area contributed by atoms with Gasteiger partial charge in [0.2, 0.25) is 0 Å². The normalized spacial score (nSPS) is 11.4. The Kier molecular flexibility index (Phi) is 2.03. The summed E-state index contributed by atoms with van der Waals surface area (Å²) >= 11 is 0. The number of hydrogen-bond acceptors (Lipinski definition) is 0. The first kappa shape index (κ1) is 10.4. The van der Waals surface area contributed by atoms with Crippen molar-refractivity contribution in [1.82, 2.24) is 9.97 Å². The Morgan fingerprint density at radius 2 is 1.47 bits per heavy atom. The average Bonchev–Trinajstić information content (AvgIpc) is 3.02. The van der Waals surface area contributed by atoms with Crippen LogP contribution in [0.3, 0.4) is 0 Å². The molecule has 0 unspecified atom stereocenters. The van der Waals surface area contributed by atoms with Crippen LogP contribution in [0.15, 0.2) is 54.9 Å². The Morgan fingerprint density at radius 1 is 0.737 bits per heavy atom. The number of hydrogen-bond donors (Lipinski definition) is 2. The predicted octanol–water partition coefficient (Wildman–Crippen LogP) is 4.46. The van der Waals surface area contributed by atoms with Crippen LogP contribution in [-0.2, 0) is 0 Å². The summed E-state index contributed by atoms with van der Waals surface area (Å²) in [6.07, 6.45) is 3.79. The van der Waals surface area contributed by atoms with Crippen LogP contribution in [0.2, 0.25) is 0 Å². The molecular weight excluding hydrogens is 239 g/mol. The van der Waals surface area contributed by atoms with Crippen LogP contribution < -0.4 is 0 Å². The Hall–Kier alpha value is -2.55. The molecule has 4 rings (SSSR count). The lowest BCUT2D eigenvalue weighted by atomic mass is 10.0. The van der Waals surface area contributed by atoms with Crippen molar-refractivity contribution in [3.05, 3.63) is 60.7 Å². The summed E-state index contributed by atoms with van der Waals surface area (Å²) in [5, 5.41) is 1.75. The lowest BCUT2D eigenvalue weighted by Crippen LogP contribution is -1.78. The Bertz CT molecular complexity index is 886. The van der Waals surface area contributed by atoms with Gasteiger partial charge in [0.1, 0.15) is 5.82 Å².